The van der Waals surface area contributed by atoms with E-state index in [1.165, 1.54) is 193 Å². The first-order valence-electron chi connectivity index (χ1n) is 35.7. The van der Waals surface area contributed by atoms with E-state index in [9.17, 15) is 14.4 Å². The molecule has 83 heavy (non-hydrogen) atoms. The fraction of sp³-hybridized carbons (Fsp3) is 0.753. The van der Waals surface area contributed by atoms with Gasteiger partial charge in [-0.1, -0.05) is 330 Å². The molecule has 0 aliphatic rings. The molecular weight excluding hydrogens is 1020 g/mol. The van der Waals surface area contributed by atoms with E-state index in [4.69, 9.17) is 14.2 Å². The van der Waals surface area contributed by atoms with Crippen LogP contribution in [0.3, 0.4) is 0 Å². The maximum atomic E-state index is 12.9. The predicted octanol–water partition coefficient (Wildman–Crippen LogP) is 24.8. The van der Waals surface area contributed by atoms with Gasteiger partial charge >= 0.3 is 17.9 Å². The van der Waals surface area contributed by atoms with Gasteiger partial charge in [0.2, 0.25) is 0 Å². The SMILES string of the molecule is CC/C=C\C/C=C\C/C=C\C/C=C\C/C=C\C/C=C\C/C=C\CCCCCCCC(=O)OC(COC(=O)CCCCCCCCCCC)COC(=O)CCCCCCCCCCCCCCCCCCC/C=C\CCCCCCCCCC. The van der Waals surface area contributed by atoms with Crippen molar-refractivity contribution in [1.29, 1.82) is 0 Å². The van der Waals surface area contributed by atoms with Gasteiger partial charge in [-0.2, -0.15) is 0 Å². The van der Waals surface area contributed by atoms with Gasteiger partial charge in [0.05, 0.1) is 0 Å². The third kappa shape index (κ3) is 69.0. The molecule has 0 aliphatic heterocycles. The Hall–Kier alpha value is -3.67. The number of esters is 3. The first-order chi connectivity index (χ1) is 41.0. The summed E-state index contributed by atoms with van der Waals surface area (Å²) in [6.07, 6.45) is 96.0. The van der Waals surface area contributed by atoms with Crippen LogP contribution in [0.4, 0.5) is 0 Å². The third-order valence-corrected chi connectivity index (χ3v) is 15.6. The zero-order valence-corrected chi connectivity index (χ0v) is 54.9. The van der Waals surface area contributed by atoms with Crippen LogP contribution in [0.2, 0.25) is 0 Å². The fourth-order valence-electron chi connectivity index (χ4n) is 10.2. The summed E-state index contributed by atoms with van der Waals surface area (Å²) in [4.78, 5) is 38.3. The summed E-state index contributed by atoms with van der Waals surface area (Å²) in [5.74, 6) is -0.889. The number of unbranched alkanes of at least 4 members (excludes halogenated alkanes) is 38. The largest absolute Gasteiger partial charge is 0.462 e. The fourth-order valence-corrected chi connectivity index (χ4v) is 10.2. The number of hydrogen-bond donors (Lipinski definition) is 0. The van der Waals surface area contributed by atoms with Crippen molar-refractivity contribution in [2.75, 3.05) is 13.2 Å². The highest BCUT2D eigenvalue weighted by Crippen LogP contribution is 2.17. The van der Waals surface area contributed by atoms with E-state index in [0.29, 0.717) is 19.3 Å². The van der Waals surface area contributed by atoms with Gasteiger partial charge in [-0.3, -0.25) is 14.4 Å². The van der Waals surface area contributed by atoms with Gasteiger partial charge in [0.25, 0.3) is 0 Å². The Morgan fingerprint density at radius 2 is 0.470 bits per heavy atom. The summed E-state index contributed by atoms with van der Waals surface area (Å²) in [5.41, 5.74) is 0. The van der Waals surface area contributed by atoms with E-state index in [1.54, 1.807) is 0 Å². The standard InChI is InChI=1S/C77H134O6/c1-4-7-10-13-16-19-21-23-25-27-29-31-33-35-37-38-40-41-43-45-47-49-51-53-55-58-61-64-67-70-76(79)82-73-74(72-81-75(78)69-66-63-60-57-18-15-12-9-6-3)83-77(80)71-68-65-62-59-56-54-52-50-48-46-44-42-39-36-34-32-30-28-26-24-22-20-17-14-11-8-5-2/h8,11,17,20,24,26-27,29-30,32,36,39,44,46,50,52,74H,4-7,9-10,12-16,18-19,21-23,25,28,31,33-35,37-38,40-43,45,47-49,51,53-73H2,1-3H3/b11-8-,20-17-,26-24-,29-27-,32-30-,39-36-,46-44-,52-50-. The van der Waals surface area contributed by atoms with Gasteiger partial charge in [-0.05, 0) is 103 Å². The van der Waals surface area contributed by atoms with Crippen LogP contribution in [0.5, 0.6) is 0 Å². The first-order valence-corrected chi connectivity index (χ1v) is 35.7. The van der Waals surface area contributed by atoms with Crippen molar-refractivity contribution < 1.29 is 28.6 Å². The van der Waals surface area contributed by atoms with Crippen molar-refractivity contribution in [1.82, 2.24) is 0 Å². The Balaban J connectivity index is 4.19. The second kappa shape index (κ2) is 70.8. The smallest absolute Gasteiger partial charge is 0.306 e. The molecule has 0 saturated carbocycles. The lowest BCUT2D eigenvalue weighted by Gasteiger charge is -2.18. The van der Waals surface area contributed by atoms with Gasteiger partial charge in [0, 0.05) is 19.3 Å². The lowest BCUT2D eigenvalue weighted by atomic mass is 10.0. The van der Waals surface area contributed by atoms with E-state index in [0.717, 1.165) is 122 Å². The second-order valence-corrected chi connectivity index (χ2v) is 23.8. The molecule has 478 valence electrons. The van der Waals surface area contributed by atoms with E-state index < -0.39 is 6.10 Å². The van der Waals surface area contributed by atoms with Gasteiger partial charge in [-0.15, -0.1) is 0 Å². The minimum atomic E-state index is -0.787. The van der Waals surface area contributed by atoms with E-state index in [1.807, 2.05) is 0 Å². The monoisotopic (exact) mass is 1160 g/mol. The number of carbonyl (C=O) groups is 3. The van der Waals surface area contributed by atoms with Crippen LogP contribution >= 0.6 is 0 Å². The number of hydrogen-bond acceptors (Lipinski definition) is 6. The average molecular weight is 1160 g/mol. The molecule has 0 bridgehead atoms. The molecule has 0 rings (SSSR count). The van der Waals surface area contributed by atoms with Crippen LogP contribution in [0.15, 0.2) is 97.2 Å². The third-order valence-electron chi connectivity index (χ3n) is 15.6. The molecule has 0 spiro atoms. The maximum absolute atomic E-state index is 12.9. The summed E-state index contributed by atoms with van der Waals surface area (Å²) in [6.45, 7) is 6.53. The predicted molar refractivity (Wildman–Crippen MR) is 362 cm³/mol. The molecule has 0 N–H and O–H groups in total. The highest BCUT2D eigenvalue weighted by Gasteiger charge is 2.19. The summed E-state index contributed by atoms with van der Waals surface area (Å²) >= 11 is 0. The van der Waals surface area contributed by atoms with Crippen molar-refractivity contribution in [2.45, 2.75) is 361 Å². The van der Waals surface area contributed by atoms with Crippen LogP contribution in [0, 0.1) is 0 Å². The highest BCUT2D eigenvalue weighted by molar-refractivity contribution is 5.71. The molecule has 1 atom stereocenters. The van der Waals surface area contributed by atoms with Gasteiger partial charge < -0.3 is 14.2 Å². The summed E-state index contributed by atoms with van der Waals surface area (Å²) in [7, 11) is 0. The van der Waals surface area contributed by atoms with Crippen LogP contribution in [0.1, 0.15) is 355 Å². The van der Waals surface area contributed by atoms with Crippen LogP contribution in [-0.2, 0) is 28.6 Å². The quantitative estimate of drug-likeness (QED) is 0.0261. The first kappa shape index (κ1) is 79.3. The van der Waals surface area contributed by atoms with Crippen LogP contribution in [-0.4, -0.2) is 37.2 Å². The van der Waals surface area contributed by atoms with Crippen molar-refractivity contribution in [3.05, 3.63) is 97.2 Å². The second-order valence-electron chi connectivity index (χ2n) is 23.8. The van der Waals surface area contributed by atoms with Gasteiger partial charge in [0.15, 0.2) is 6.10 Å². The highest BCUT2D eigenvalue weighted by atomic mass is 16.6. The van der Waals surface area contributed by atoms with Gasteiger partial charge in [0.1, 0.15) is 13.2 Å². The Morgan fingerprint density at radius 1 is 0.253 bits per heavy atom. The number of ether oxygens (including phenoxy) is 3. The molecule has 0 aromatic carbocycles. The molecule has 0 amide bonds. The number of rotatable bonds is 65. The molecule has 6 nitrogen and oxygen atoms in total. The van der Waals surface area contributed by atoms with Crippen molar-refractivity contribution in [3.8, 4) is 0 Å². The molecule has 0 radical (unpaired) electrons. The summed E-state index contributed by atoms with van der Waals surface area (Å²) in [6, 6.07) is 0. The topological polar surface area (TPSA) is 78.9 Å². The Kier molecular flexibility index (Phi) is 67.7. The van der Waals surface area contributed by atoms with E-state index >= 15 is 0 Å². The minimum absolute atomic E-state index is 0.0821. The molecule has 0 aromatic rings. The molecule has 0 aromatic heterocycles. The Labute approximate surface area is 515 Å². The average Bonchev–Trinajstić information content (AvgIpc) is 3.49. The molecule has 0 saturated heterocycles. The minimum Gasteiger partial charge on any atom is -0.462 e. The van der Waals surface area contributed by atoms with E-state index in [-0.39, 0.29) is 31.1 Å². The molecule has 1 unspecified atom stereocenters. The lowest BCUT2D eigenvalue weighted by molar-refractivity contribution is -0.167. The normalized spacial score (nSPS) is 12.7. The number of allylic oxidation sites excluding steroid dienone is 16. The Bertz CT molecular complexity index is 1610. The van der Waals surface area contributed by atoms with Gasteiger partial charge in [-0.25, -0.2) is 0 Å². The van der Waals surface area contributed by atoms with Crippen LogP contribution in [0.25, 0.3) is 0 Å². The van der Waals surface area contributed by atoms with Crippen molar-refractivity contribution in [3.63, 3.8) is 0 Å². The summed E-state index contributed by atoms with van der Waals surface area (Å²) in [5, 5.41) is 0. The molecular formula is C77H134O6. The van der Waals surface area contributed by atoms with Crippen molar-refractivity contribution in [2.24, 2.45) is 0 Å². The summed E-state index contributed by atoms with van der Waals surface area (Å²) < 4.78 is 16.9. The molecule has 6 heteroatoms. The van der Waals surface area contributed by atoms with Crippen molar-refractivity contribution >= 4 is 17.9 Å². The van der Waals surface area contributed by atoms with E-state index in [2.05, 4.69) is 118 Å². The molecule has 0 aliphatic carbocycles. The van der Waals surface area contributed by atoms with Crippen LogP contribution < -0.4 is 0 Å². The maximum Gasteiger partial charge on any atom is 0.306 e. The molecule has 0 heterocycles. The lowest BCUT2D eigenvalue weighted by Crippen LogP contribution is -2.30. The zero-order chi connectivity index (χ0) is 59.9. The molecule has 0 fully saturated rings. The zero-order valence-electron chi connectivity index (χ0n) is 54.9. The Morgan fingerprint density at radius 3 is 0.747 bits per heavy atom. The number of carbonyl (C=O) groups excluding carboxylic acids is 3.